The van der Waals surface area contributed by atoms with E-state index in [-0.39, 0.29) is 57.8 Å². The largest absolute Gasteiger partial charge is 0.391 e. The van der Waals surface area contributed by atoms with E-state index in [0.29, 0.717) is 64.4 Å². The molecule has 0 spiro atoms. The number of anilines is 4. The first-order chi connectivity index (χ1) is 33.4. The van der Waals surface area contributed by atoms with Crippen molar-refractivity contribution in [3.05, 3.63) is 92.8 Å². The second-order valence-electron chi connectivity index (χ2n) is 18.1. The van der Waals surface area contributed by atoms with Gasteiger partial charge in [-0.1, -0.05) is 80.1 Å². The third kappa shape index (κ3) is 13.4. The summed E-state index contributed by atoms with van der Waals surface area (Å²) in [4.78, 5) is 90.9. The van der Waals surface area contributed by atoms with E-state index in [1.807, 2.05) is 50.2 Å². The molecule has 2 aromatic carbocycles. The monoisotopic (exact) mass is 1020 g/mol. The minimum absolute atomic E-state index is 0.0258. The zero-order valence-electron chi connectivity index (χ0n) is 39.9. The van der Waals surface area contributed by atoms with Crippen molar-refractivity contribution >= 4 is 86.3 Å². The molecule has 372 valence electrons. The smallest absolute Gasteiger partial charge is 0.267 e. The fraction of sp³-hybridized carbons (Fsp3) is 0.438. The molecule has 0 radical (unpaired) electrons. The highest BCUT2D eigenvalue weighted by Gasteiger charge is 2.44. The normalized spacial score (nSPS) is 16.5. The van der Waals surface area contributed by atoms with Gasteiger partial charge in [0.1, 0.15) is 47.6 Å². The van der Waals surface area contributed by atoms with Gasteiger partial charge in [-0.05, 0) is 48.9 Å². The number of rotatable bonds is 18. The quantitative estimate of drug-likeness (QED) is 0.0718. The third-order valence-electron chi connectivity index (χ3n) is 11.7. The molecule has 3 atom stereocenters. The number of para-hydroxylation sites is 1. The Morgan fingerprint density at radius 3 is 2.36 bits per heavy atom. The van der Waals surface area contributed by atoms with Gasteiger partial charge in [-0.15, -0.1) is 11.3 Å². The van der Waals surface area contributed by atoms with Crippen molar-refractivity contribution in [1.82, 2.24) is 40.4 Å². The van der Waals surface area contributed by atoms with Gasteiger partial charge in [0.15, 0.2) is 5.13 Å². The number of nitrogens with zero attached hydrogens (tertiary/aromatic N) is 7. The second-order valence-corrected chi connectivity index (χ2v) is 20.4. The summed E-state index contributed by atoms with van der Waals surface area (Å²) in [7, 11) is 0. The standard InChI is InChI=1S/C48H58ClN11O8S2/c1-28-8-7-9-34(49)41(28)57-45(65)36-23-51-47(70-36)55-37-21-38(54-30(3)53-37)58-14-16-59(17-15-58)40(63)26-68-19-18-67-25-39(62)56-43(48(4,5)6)46(66)60-24-33(61)20-35(60)44(64)50-22-31-10-12-32(13-11-31)42-29(2)52-27-69-42/h7-13,21,23,27,33,35,43,61H,14-20,22,24-26H2,1-6H3,(H,50,64)(H,56,62)(H,57,65)(H,51,53,54,55). The highest BCUT2D eigenvalue weighted by atomic mass is 35.5. The molecule has 5 N–H and O–H groups in total. The molecule has 5 amide bonds. The van der Waals surface area contributed by atoms with Gasteiger partial charge in [0, 0.05) is 51.8 Å². The maximum atomic E-state index is 14.0. The summed E-state index contributed by atoms with van der Waals surface area (Å²) < 4.78 is 11.1. The molecule has 7 rings (SSSR count). The molecule has 0 saturated carbocycles. The molecule has 5 heterocycles. The number of aryl methyl sites for hydroxylation is 3. The molecule has 5 aromatic rings. The van der Waals surface area contributed by atoms with Crippen molar-refractivity contribution in [2.45, 2.75) is 72.7 Å². The van der Waals surface area contributed by atoms with E-state index in [0.717, 1.165) is 27.3 Å². The number of carbonyl (C=O) groups excluding carboxylic acids is 5. The molecule has 2 aliphatic rings. The molecule has 70 heavy (non-hydrogen) atoms. The number of aliphatic hydroxyl groups excluding tert-OH is 1. The summed E-state index contributed by atoms with van der Waals surface area (Å²) >= 11 is 9.03. The van der Waals surface area contributed by atoms with Crippen LogP contribution in [0, 0.1) is 26.2 Å². The van der Waals surface area contributed by atoms with Crippen LogP contribution in [0.25, 0.3) is 10.4 Å². The summed E-state index contributed by atoms with van der Waals surface area (Å²) in [5.74, 6) is -0.199. The molecule has 22 heteroatoms. The average molecular weight is 1020 g/mol. The lowest BCUT2D eigenvalue weighted by atomic mass is 9.85. The minimum Gasteiger partial charge on any atom is -0.391 e. The number of benzene rings is 2. The van der Waals surface area contributed by atoms with Crippen LogP contribution in [0.2, 0.25) is 5.02 Å². The van der Waals surface area contributed by atoms with E-state index in [1.165, 1.54) is 22.4 Å². The predicted octanol–water partition coefficient (Wildman–Crippen LogP) is 5.12. The third-order valence-corrected chi connectivity index (χ3v) is 14.0. The van der Waals surface area contributed by atoms with Crippen LogP contribution in [0.3, 0.4) is 0 Å². The first-order valence-electron chi connectivity index (χ1n) is 22.8. The number of carbonyl (C=O) groups is 5. The molecular weight excluding hydrogens is 958 g/mol. The summed E-state index contributed by atoms with van der Waals surface area (Å²) in [5, 5.41) is 23.2. The van der Waals surface area contributed by atoms with E-state index < -0.39 is 41.3 Å². The molecule has 0 aliphatic carbocycles. The number of hydrogen-bond donors (Lipinski definition) is 5. The molecular formula is C48H58ClN11O8S2. The number of nitrogens with one attached hydrogen (secondary N) is 4. The van der Waals surface area contributed by atoms with Crippen LogP contribution >= 0.6 is 34.3 Å². The number of ether oxygens (including phenoxy) is 2. The Bertz CT molecular complexity index is 2650. The van der Waals surface area contributed by atoms with Crippen LogP contribution in [0.1, 0.15) is 59.5 Å². The Kier molecular flexibility index (Phi) is 17.2. The van der Waals surface area contributed by atoms with Gasteiger partial charge in [0.05, 0.1) is 52.3 Å². The number of hydrogen-bond acceptors (Lipinski definition) is 16. The fourth-order valence-electron chi connectivity index (χ4n) is 7.99. The van der Waals surface area contributed by atoms with E-state index in [9.17, 15) is 29.1 Å². The van der Waals surface area contributed by atoms with Crippen molar-refractivity contribution in [3.8, 4) is 10.4 Å². The Morgan fingerprint density at radius 2 is 1.67 bits per heavy atom. The van der Waals surface area contributed by atoms with Gasteiger partial charge in [-0.25, -0.2) is 19.9 Å². The fourth-order valence-corrected chi connectivity index (χ4v) is 9.79. The second kappa shape index (κ2) is 23.2. The maximum Gasteiger partial charge on any atom is 0.267 e. The van der Waals surface area contributed by atoms with Crippen molar-refractivity contribution in [2.75, 3.05) is 74.7 Å². The van der Waals surface area contributed by atoms with E-state index in [4.69, 9.17) is 21.1 Å². The number of halogens is 1. The Labute approximate surface area is 419 Å². The van der Waals surface area contributed by atoms with Crippen LogP contribution in [0.5, 0.6) is 0 Å². The van der Waals surface area contributed by atoms with Crippen LogP contribution in [-0.4, -0.2) is 142 Å². The van der Waals surface area contributed by atoms with Gasteiger partial charge in [0.25, 0.3) is 5.91 Å². The number of likely N-dealkylation sites (tertiary alicyclic amines) is 1. The maximum absolute atomic E-state index is 14.0. The molecule has 2 aliphatic heterocycles. The van der Waals surface area contributed by atoms with E-state index >= 15 is 0 Å². The first-order valence-corrected chi connectivity index (χ1v) is 24.9. The number of piperazine rings is 1. The molecule has 2 fully saturated rings. The summed E-state index contributed by atoms with van der Waals surface area (Å²) in [6.07, 6.45) is 0.662. The molecule has 0 bridgehead atoms. The average Bonchev–Trinajstić information content (AvgIpc) is 4.09. The number of aliphatic hydroxyl groups is 1. The van der Waals surface area contributed by atoms with E-state index in [1.54, 1.807) is 61.6 Å². The van der Waals surface area contributed by atoms with Gasteiger partial charge < -0.3 is 50.5 Å². The van der Waals surface area contributed by atoms with Crippen LogP contribution in [0.4, 0.5) is 22.5 Å². The summed E-state index contributed by atoms with van der Waals surface area (Å²) in [5.41, 5.74) is 5.32. The number of aromatic nitrogens is 4. The van der Waals surface area contributed by atoms with Crippen LogP contribution < -0.4 is 26.2 Å². The van der Waals surface area contributed by atoms with Crippen molar-refractivity contribution in [2.24, 2.45) is 5.41 Å². The minimum atomic E-state index is -1.01. The number of β-amino-alcohol motifs (C(OH)–C–C–N with tert-alkyl or cyclic N) is 1. The topological polar surface area (TPSA) is 233 Å². The van der Waals surface area contributed by atoms with Gasteiger partial charge in [-0.3, -0.25) is 24.0 Å². The zero-order chi connectivity index (χ0) is 50.1. The highest BCUT2D eigenvalue weighted by Crippen LogP contribution is 2.31. The molecule has 3 aromatic heterocycles. The highest BCUT2D eigenvalue weighted by molar-refractivity contribution is 7.17. The van der Waals surface area contributed by atoms with Crippen LogP contribution in [0.15, 0.2) is 60.2 Å². The van der Waals surface area contributed by atoms with E-state index in [2.05, 4.69) is 46.1 Å². The van der Waals surface area contributed by atoms with Crippen molar-refractivity contribution < 1.29 is 38.6 Å². The lowest BCUT2D eigenvalue weighted by Gasteiger charge is -2.35. The molecule has 19 nitrogen and oxygen atoms in total. The number of thiazole rings is 2. The van der Waals surface area contributed by atoms with Gasteiger partial charge >= 0.3 is 0 Å². The Morgan fingerprint density at radius 1 is 0.943 bits per heavy atom. The van der Waals surface area contributed by atoms with Crippen LogP contribution in [-0.2, 0) is 35.2 Å². The van der Waals surface area contributed by atoms with Gasteiger partial charge in [-0.2, -0.15) is 0 Å². The Hall–Kier alpha value is -6.10. The lowest BCUT2D eigenvalue weighted by Crippen LogP contribution is -2.58. The SMILES string of the molecule is Cc1nc(Nc2ncc(C(=O)Nc3c(C)cccc3Cl)s2)cc(N2CCN(C(=O)COCCOCC(=O)NC(C(=O)N3CC(O)CC3C(=O)NCc3ccc(-c4scnc4C)cc3)C(C)(C)C)CC2)n1. The lowest BCUT2D eigenvalue weighted by molar-refractivity contribution is -0.144. The Balaban J connectivity index is 0.806. The van der Waals surface area contributed by atoms with Crippen molar-refractivity contribution in [1.29, 1.82) is 0 Å². The molecule has 2 saturated heterocycles. The predicted molar refractivity (Wildman–Crippen MR) is 268 cm³/mol. The first kappa shape index (κ1) is 51.7. The van der Waals surface area contributed by atoms with Crippen molar-refractivity contribution in [3.63, 3.8) is 0 Å². The molecule has 3 unspecified atom stereocenters. The summed E-state index contributed by atoms with van der Waals surface area (Å²) in [6.45, 7) is 12.7. The summed E-state index contributed by atoms with van der Waals surface area (Å²) in [6, 6.07) is 13.1. The van der Waals surface area contributed by atoms with Gasteiger partial charge in [0.2, 0.25) is 23.6 Å². The zero-order valence-corrected chi connectivity index (χ0v) is 42.3. The number of amides is 5.